The number of likely N-dealkylation sites (N-methyl/N-ethyl adjacent to an activating group) is 1. The summed E-state index contributed by atoms with van der Waals surface area (Å²) in [5.74, 6) is -3.21. The lowest BCUT2D eigenvalue weighted by Gasteiger charge is -2.37. The average molecular weight is 715 g/mol. The van der Waals surface area contributed by atoms with Gasteiger partial charge < -0.3 is 25.4 Å². The van der Waals surface area contributed by atoms with Gasteiger partial charge in [0.2, 0.25) is 5.91 Å². The number of thiazole rings is 1. The molecule has 1 aromatic heterocycles. The van der Waals surface area contributed by atoms with Gasteiger partial charge >= 0.3 is 11.9 Å². The molecule has 12 heteroatoms. The average Bonchev–Trinajstić information content (AvgIpc) is 3.55. The molecule has 1 heterocycles. The second kappa shape index (κ2) is 20.3. The summed E-state index contributed by atoms with van der Waals surface area (Å²) in [6.45, 7) is 14.9. The number of ketones is 1. The number of carbonyl (C=O) groups is 5. The molecule has 0 aliphatic carbocycles. The standard InChI is InChI=1S/C38H58N4O7S/c1-11-24(6)29(19-32(44)34(39-9)23(4)5)37(46)42(10)31(22(2)3)20-33(49-26(8)43)36-41-30(21-50-36)35(45)40-28(17-25(7)38(47)48)18-27-15-13-12-14-16-27/h12-16,21-25,28-29,31,33-34,39H,11,17-20H2,1-10H3,(H,40,45)(H,47,48)/t24-,25?,28+,29-,31+,33+,34-/m0/s1. The van der Waals surface area contributed by atoms with Gasteiger partial charge in [0.25, 0.3) is 5.91 Å². The van der Waals surface area contributed by atoms with Gasteiger partial charge in [0, 0.05) is 50.2 Å². The Morgan fingerprint density at radius 3 is 2.14 bits per heavy atom. The van der Waals surface area contributed by atoms with Crippen molar-refractivity contribution in [3.05, 3.63) is 52.0 Å². The summed E-state index contributed by atoms with van der Waals surface area (Å²) in [4.78, 5) is 71.1. The summed E-state index contributed by atoms with van der Waals surface area (Å²) < 4.78 is 5.76. The number of rotatable bonds is 21. The summed E-state index contributed by atoms with van der Waals surface area (Å²) in [6, 6.07) is 8.36. The van der Waals surface area contributed by atoms with Crippen molar-refractivity contribution in [2.24, 2.45) is 29.6 Å². The van der Waals surface area contributed by atoms with E-state index < -0.39 is 41.8 Å². The number of aromatic nitrogens is 1. The minimum Gasteiger partial charge on any atom is -0.481 e. The van der Waals surface area contributed by atoms with Gasteiger partial charge in [-0.15, -0.1) is 11.3 Å². The molecule has 1 unspecified atom stereocenters. The highest BCUT2D eigenvalue weighted by Crippen LogP contribution is 2.32. The normalized spacial score (nSPS) is 15.8. The van der Waals surface area contributed by atoms with E-state index in [1.807, 2.05) is 71.9 Å². The maximum absolute atomic E-state index is 14.1. The van der Waals surface area contributed by atoms with Gasteiger partial charge in [0.15, 0.2) is 11.9 Å². The monoisotopic (exact) mass is 714 g/mol. The first-order chi connectivity index (χ1) is 23.5. The SMILES string of the molecule is CC[C@H](C)[C@H](CC(=O)[C@@H](NC)C(C)C)C(=O)N(C)[C@H](C[C@@H](OC(C)=O)c1nc(C(=O)N[C@@H](Cc2ccccc2)CC(C)C(=O)O)cs1)C(C)C. The number of nitrogens with zero attached hydrogens (tertiary/aromatic N) is 2. The Kier molecular flexibility index (Phi) is 17.2. The van der Waals surface area contributed by atoms with Crippen LogP contribution in [0.25, 0.3) is 0 Å². The molecule has 0 bridgehead atoms. The Morgan fingerprint density at radius 1 is 0.980 bits per heavy atom. The van der Waals surface area contributed by atoms with Crippen LogP contribution in [0.5, 0.6) is 0 Å². The topological polar surface area (TPSA) is 155 Å². The lowest BCUT2D eigenvalue weighted by Crippen LogP contribution is -2.47. The fraction of sp³-hybridized carbons (Fsp3) is 0.632. The molecule has 3 N–H and O–H groups in total. The number of carboxylic acid groups (broad SMARTS) is 1. The molecule has 0 saturated carbocycles. The van der Waals surface area contributed by atoms with Crippen LogP contribution in [0, 0.1) is 29.6 Å². The maximum Gasteiger partial charge on any atom is 0.306 e. The zero-order valence-electron chi connectivity index (χ0n) is 31.4. The molecule has 0 aliphatic rings. The lowest BCUT2D eigenvalue weighted by atomic mass is 9.82. The molecule has 1 aromatic carbocycles. The number of ether oxygens (including phenoxy) is 1. The second-order valence-electron chi connectivity index (χ2n) is 14.2. The molecule has 11 nitrogen and oxygen atoms in total. The number of carboxylic acids is 1. The molecule has 0 saturated heterocycles. The van der Waals surface area contributed by atoms with Gasteiger partial charge in [-0.05, 0) is 43.2 Å². The van der Waals surface area contributed by atoms with Crippen LogP contribution in [-0.4, -0.2) is 76.7 Å². The van der Waals surface area contributed by atoms with E-state index in [1.165, 1.54) is 18.3 Å². The Balaban J connectivity index is 2.33. The molecule has 0 spiro atoms. The third-order valence-electron chi connectivity index (χ3n) is 9.52. The first kappa shape index (κ1) is 42.5. The zero-order chi connectivity index (χ0) is 37.7. The summed E-state index contributed by atoms with van der Waals surface area (Å²) in [5, 5.41) is 17.6. The van der Waals surface area contributed by atoms with E-state index in [0.717, 1.165) is 12.0 Å². The van der Waals surface area contributed by atoms with Crippen molar-refractivity contribution in [2.45, 2.75) is 112 Å². The molecule has 278 valence electrons. The minimum atomic E-state index is -0.944. The van der Waals surface area contributed by atoms with Crippen LogP contribution in [0.15, 0.2) is 35.7 Å². The highest BCUT2D eigenvalue weighted by atomic mass is 32.1. The van der Waals surface area contributed by atoms with Gasteiger partial charge in [-0.2, -0.15) is 0 Å². The third kappa shape index (κ3) is 12.6. The smallest absolute Gasteiger partial charge is 0.306 e. The van der Waals surface area contributed by atoms with Crippen molar-refractivity contribution < 1.29 is 33.8 Å². The summed E-state index contributed by atoms with van der Waals surface area (Å²) in [6.07, 6.45) is 0.957. The molecule has 2 aromatic rings. The molecule has 2 rings (SSSR count). The highest BCUT2D eigenvalue weighted by molar-refractivity contribution is 7.09. The van der Waals surface area contributed by atoms with E-state index in [-0.39, 0.29) is 66.5 Å². The van der Waals surface area contributed by atoms with Crippen LogP contribution in [0.2, 0.25) is 0 Å². The van der Waals surface area contributed by atoms with Gasteiger partial charge in [-0.25, -0.2) is 4.98 Å². The van der Waals surface area contributed by atoms with E-state index in [2.05, 4.69) is 15.6 Å². The Labute approximate surface area is 302 Å². The van der Waals surface area contributed by atoms with Crippen LogP contribution in [0.3, 0.4) is 0 Å². The number of benzene rings is 1. The van der Waals surface area contributed by atoms with Crippen LogP contribution in [0.4, 0.5) is 0 Å². The van der Waals surface area contributed by atoms with Gasteiger partial charge in [0.05, 0.1) is 12.0 Å². The summed E-state index contributed by atoms with van der Waals surface area (Å²) >= 11 is 1.18. The van der Waals surface area contributed by atoms with Crippen molar-refractivity contribution in [1.82, 2.24) is 20.5 Å². The number of hydrogen-bond donors (Lipinski definition) is 3. The van der Waals surface area contributed by atoms with Crippen molar-refractivity contribution in [3.63, 3.8) is 0 Å². The highest BCUT2D eigenvalue weighted by Gasteiger charge is 2.37. The molecule has 0 fully saturated rings. The van der Waals surface area contributed by atoms with Crippen molar-refractivity contribution in [2.75, 3.05) is 14.1 Å². The quantitative estimate of drug-likeness (QED) is 0.133. The molecule has 0 aliphatic heterocycles. The largest absolute Gasteiger partial charge is 0.481 e. The van der Waals surface area contributed by atoms with Crippen molar-refractivity contribution >= 4 is 40.9 Å². The van der Waals surface area contributed by atoms with Crippen LogP contribution in [-0.2, 0) is 30.3 Å². The molecular weight excluding hydrogens is 657 g/mol. The predicted octanol–water partition coefficient (Wildman–Crippen LogP) is 5.94. The molecule has 7 atom stereocenters. The number of amides is 2. The Morgan fingerprint density at radius 2 is 1.62 bits per heavy atom. The number of aliphatic carboxylic acids is 1. The summed E-state index contributed by atoms with van der Waals surface area (Å²) in [7, 11) is 3.50. The minimum absolute atomic E-state index is 0.00505. The number of nitrogens with one attached hydrogen (secondary N) is 2. The first-order valence-corrected chi connectivity index (χ1v) is 18.5. The fourth-order valence-corrected chi connectivity index (χ4v) is 7.21. The number of carbonyl (C=O) groups excluding carboxylic acids is 4. The first-order valence-electron chi connectivity index (χ1n) is 17.7. The molecule has 50 heavy (non-hydrogen) atoms. The summed E-state index contributed by atoms with van der Waals surface area (Å²) in [5.41, 5.74) is 1.10. The van der Waals surface area contributed by atoms with Crippen LogP contribution < -0.4 is 10.6 Å². The predicted molar refractivity (Wildman–Crippen MR) is 196 cm³/mol. The van der Waals surface area contributed by atoms with E-state index in [9.17, 15) is 29.1 Å². The molecular formula is C38H58N4O7S. The van der Waals surface area contributed by atoms with E-state index >= 15 is 0 Å². The Hall–Kier alpha value is -3.64. The van der Waals surface area contributed by atoms with E-state index in [0.29, 0.717) is 11.4 Å². The number of esters is 1. The lowest BCUT2D eigenvalue weighted by molar-refractivity contribution is -0.149. The second-order valence-corrected chi connectivity index (χ2v) is 15.1. The van der Waals surface area contributed by atoms with E-state index in [4.69, 9.17) is 4.74 Å². The van der Waals surface area contributed by atoms with E-state index in [1.54, 1.807) is 31.3 Å². The Bertz CT molecular complexity index is 1410. The molecule has 2 amide bonds. The third-order valence-corrected chi connectivity index (χ3v) is 10.5. The maximum atomic E-state index is 14.1. The zero-order valence-corrected chi connectivity index (χ0v) is 32.2. The van der Waals surface area contributed by atoms with Crippen LogP contribution >= 0.6 is 11.3 Å². The van der Waals surface area contributed by atoms with Crippen molar-refractivity contribution in [3.8, 4) is 0 Å². The van der Waals surface area contributed by atoms with Crippen LogP contribution in [0.1, 0.15) is 108 Å². The number of Topliss-reactive ketones (excluding diaryl/α,β-unsaturated/α-hetero) is 1. The number of hydrogen-bond acceptors (Lipinski definition) is 9. The van der Waals surface area contributed by atoms with Gasteiger partial charge in [-0.1, -0.05) is 85.2 Å². The fourth-order valence-electron chi connectivity index (χ4n) is 6.37. The van der Waals surface area contributed by atoms with Gasteiger partial charge in [-0.3, -0.25) is 24.0 Å². The van der Waals surface area contributed by atoms with Gasteiger partial charge in [0.1, 0.15) is 10.7 Å². The van der Waals surface area contributed by atoms with Crippen molar-refractivity contribution in [1.29, 1.82) is 0 Å². The molecule has 0 radical (unpaired) electrons.